The number of benzene rings is 2. The lowest BCUT2D eigenvalue weighted by Crippen LogP contribution is -2.50. The SMILES string of the molecule is CC(C(N)=O)([C@@H]1CCN(c2ccc(S(=O)(=O)Nc3ncns3)cc2)C1)n1ccc2c(F)cccc21. The fraction of sp³-hybridized carbons (Fsp3) is 0.261. The van der Waals surface area contributed by atoms with Crippen molar-refractivity contribution in [2.75, 3.05) is 22.7 Å². The first-order valence-corrected chi connectivity index (χ1v) is 13.2. The molecule has 0 radical (unpaired) electrons. The molecule has 1 saturated heterocycles. The lowest BCUT2D eigenvalue weighted by molar-refractivity contribution is -0.128. The first kappa shape index (κ1) is 23.2. The third kappa shape index (κ3) is 4.02. The summed E-state index contributed by atoms with van der Waals surface area (Å²) in [6, 6.07) is 13.0. The topological polar surface area (TPSA) is 123 Å². The lowest BCUT2D eigenvalue weighted by Gasteiger charge is -2.35. The summed E-state index contributed by atoms with van der Waals surface area (Å²) in [6.45, 7) is 2.99. The average Bonchev–Trinajstić information content (AvgIpc) is 3.60. The summed E-state index contributed by atoms with van der Waals surface area (Å²) in [6.07, 6.45) is 3.68. The number of anilines is 2. The van der Waals surface area contributed by atoms with Crippen molar-refractivity contribution in [2.24, 2.45) is 11.7 Å². The maximum atomic E-state index is 14.3. The summed E-state index contributed by atoms with van der Waals surface area (Å²) in [5.74, 6) is -0.978. The van der Waals surface area contributed by atoms with Crippen LogP contribution in [0.5, 0.6) is 0 Å². The van der Waals surface area contributed by atoms with Crippen molar-refractivity contribution in [1.29, 1.82) is 0 Å². The Labute approximate surface area is 205 Å². The number of rotatable bonds is 7. The molecule has 2 aromatic heterocycles. The van der Waals surface area contributed by atoms with Gasteiger partial charge in [0.15, 0.2) is 0 Å². The van der Waals surface area contributed by atoms with Gasteiger partial charge in [0.25, 0.3) is 10.0 Å². The molecule has 35 heavy (non-hydrogen) atoms. The Bertz CT molecular complexity index is 1490. The minimum atomic E-state index is -3.78. The quantitative estimate of drug-likeness (QED) is 0.391. The van der Waals surface area contributed by atoms with Gasteiger partial charge in [-0.3, -0.25) is 9.52 Å². The average molecular weight is 515 g/mol. The normalized spacial score (nSPS) is 18.0. The van der Waals surface area contributed by atoms with E-state index in [0.29, 0.717) is 30.4 Å². The number of hydrogen-bond acceptors (Lipinski definition) is 7. The van der Waals surface area contributed by atoms with Crippen LogP contribution in [0.3, 0.4) is 0 Å². The number of fused-ring (bicyclic) bond motifs is 1. The molecule has 4 aromatic rings. The van der Waals surface area contributed by atoms with Crippen molar-refractivity contribution in [3.63, 3.8) is 0 Å². The highest BCUT2D eigenvalue weighted by Crippen LogP contribution is 2.38. The maximum Gasteiger partial charge on any atom is 0.263 e. The van der Waals surface area contributed by atoms with Gasteiger partial charge in [0.2, 0.25) is 11.0 Å². The second-order valence-corrected chi connectivity index (χ2v) is 11.1. The maximum absolute atomic E-state index is 14.3. The summed E-state index contributed by atoms with van der Waals surface area (Å²) in [5, 5.41) is 0.633. The zero-order chi connectivity index (χ0) is 24.8. The molecule has 0 spiro atoms. The molecule has 5 rings (SSSR count). The van der Waals surface area contributed by atoms with Gasteiger partial charge in [-0.05, 0) is 55.8 Å². The fourth-order valence-electron chi connectivity index (χ4n) is 4.73. The molecule has 3 N–H and O–H groups in total. The highest BCUT2D eigenvalue weighted by Gasteiger charge is 2.45. The first-order chi connectivity index (χ1) is 16.7. The number of carbonyl (C=O) groups is 1. The minimum Gasteiger partial charge on any atom is -0.371 e. The van der Waals surface area contributed by atoms with Gasteiger partial charge in [-0.1, -0.05) is 6.07 Å². The van der Waals surface area contributed by atoms with Gasteiger partial charge in [0.1, 0.15) is 17.7 Å². The molecule has 2 aromatic carbocycles. The molecule has 1 unspecified atom stereocenters. The van der Waals surface area contributed by atoms with Crippen LogP contribution in [0.1, 0.15) is 13.3 Å². The number of amides is 1. The van der Waals surface area contributed by atoms with Gasteiger partial charge in [-0.2, -0.15) is 4.37 Å². The van der Waals surface area contributed by atoms with Crippen molar-refractivity contribution in [1.82, 2.24) is 13.9 Å². The Hall–Kier alpha value is -3.51. The second-order valence-electron chi connectivity index (χ2n) is 8.65. The summed E-state index contributed by atoms with van der Waals surface area (Å²) in [5.41, 5.74) is 6.30. The van der Waals surface area contributed by atoms with E-state index in [4.69, 9.17) is 5.73 Å². The highest BCUT2D eigenvalue weighted by atomic mass is 32.2. The minimum absolute atomic E-state index is 0.106. The Morgan fingerprint density at radius 2 is 2.00 bits per heavy atom. The van der Waals surface area contributed by atoms with E-state index in [2.05, 4.69) is 19.0 Å². The van der Waals surface area contributed by atoms with Crippen molar-refractivity contribution < 1.29 is 17.6 Å². The van der Waals surface area contributed by atoms with E-state index in [0.717, 1.165) is 17.2 Å². The Morgan fingerprint density at radius 1 is 1.23 bits per heavy atom. The first-order valence-electron chi connectivity index (χ1n) is 10.9. The molecule has 0 bridgehead atoms. The van der Waals surface area contributed by atoms with E-state index < -0.39 is 21.5 Å². The molecule has 12 heteroatoms. The van der Waals surface area contributed by atoms with Gasteiger partial charge in [0, 0.05) is 47.8 Å². The fourth-order valence-corrected chi connectivity index (χ4v) is 6.39. The van der Waals surface area contributed by atoms with Crippen molar-refractivity contribution in [3.8, 4) is 0 Å². The zero-order valence-corrected chi connectivity index (χ0v) is 20.4. The highest BCUT2D eigenvalue weighted by molar-refractivity contribution is 7.93. The number of nitrogens with one attached hydrogen (secondary N) is 1. The van der Waals surface area contributed by atoms with E-state index in [1.165, 1.54) is 24.5 Å². The molecule has 2 atom stereocenters. The molecular formula is C23H23FN6O3S2. The third-order valence-electron chi connectivity index (χ3n) is 6.76. The molecule has 9 nitrogen and oxygen atoms in total. The Balaban J connectivity index is 1.38. The monoisotopic (exact) mass is 514 g/mol. The molecule has 1 fully saturated rings. The van der Waals surface area contributed by atoms with Crippen molar-refractivity contribution in [3.05, 3.63) is 66.9 Å². The molecule has 1 aliphatic rings. The van der Waals surface area contributed by atoms with Gasteiger partial charge in [0.05, 0.1) is 10.4 Å². The summed E-state index contributed by atoms with van der Waals surface area (Å²) >= 11 is 0.953. The second kappa shape index (κ2) is 8.61. The number of primary amides is 1. The summed E-state index contributed by atoms with van der Waals surface area (Å²) in [4.78, 5) is 18.8. The van der Waals surface area contributed by atoms with Crippen LogP contribution in [-0.2, 0) is 20.4 Å². The van der Waals surface area contributed by atoms with Crippen LogP contribution in [0.4, 0.5) is 15.2 Å². The van der Waals surface area contributed by atoms with E-state index in [-0.39, 0.29) is 21.8 Å². The molecule has 0 saturated carbocycles. The van der Waals surface area contributed by atoms with E-state index >= 15 is 0 Å². The number of nitrogens with zero attached hydrogens (tertiary/aromatic N) is 4. The lowest BCUT2D eigenvalue weighted by atomic mass is 9.83. The smallest absolute Gasteiger partial charge is 0.263 e. The number of carbonyl (C=O) groups excluding carboxylic acids is 1. The number of halogens is 1. The molecular weight excluding hydrogens is 491 g/mol. The number of sulfonamides is 1. The van der Waals surface area contributed by atoms with Crippen molar-refractivity contribution >= 4 is 49.2 Å². The number of hydrogen-bond donors (Lipinski definition) is 2. The largest absolute Gasteiger partial charge is 0.371 e. The number of nitrogens with two attached hydrogens (primary N) is 1. The standard InChI is InChI=1S/C23H23FN6O3S2/c1-23(21(25)31,30-12-10-18-19(24)3-2-4-20(18)30)15-9-11-29(13-15)16-5-7-17(8-6-16)35(32,33)28-22-26-14-27-34-22/h2-8,10,12,14-15H,9,11,13H2,1H3,(H2,25,31)(H,26,27,28)/t15-,23?/m1/s1. The van der Waals surface area contributed by atoms with Crippen LogP contribution >= 0.6 is 11.5 Å². The molecule has 0 aliphatic carbocycles. The van der Waals surface area contributed by atoms with Crippen LogP contribution in [-0.4, -0.2) is 41.3 Å². The van der Waals surface area contributed by atoms with Crippen LogP contribution in [0.2, 0.25) is 0 Å². The third-order valence-corrected chi connectivity index (χ3v) is 8.82. The van der Waals surface area contributed by atoms with Gasteiger partial charge >= 0.3 is 0 Å². The van der Waals surface area contributed by atoms with Crippen LogP contribution in [0.25, 0.3) is 10.9 Å². The molecule has 182 valence electrons. The van der Waals surface area contributed by atoms with E-state index in [1.807, 2.05) is 0 Å². The molecule has 3 heterocycles. The van der Waals surface area contributed by atoms with Gasteiger partial charge in [-0.25, -0.2) is 17.8 Å². The van der Waals surface area contributed by atoms with Gasteiger partial charge in [-0.15, -0.1) is 0 Å². The van der Waals surface area contributed by atoms with E-state index in [9.17, 15) is 17.6 Å². The summed E-state index contributed by atoms with van der Waals surface area (Å²) < 4.78 is 47.4. The van der Waals surface area contributed by atoms with Crippen molar-refractivity contribution in [2.45, 2.75) is 23.8 Å². The molecule has 1 aliphatic heterocycles. The summed E-state index contributed by atoms with van der Waals surface area (Å²) in [7, 11) is -3.78. The van der Waals surface area contributed by atoms with Crippen LogP contribution in [0, 0.1) is 11.7 Å². The van der Waals surface area contributed by atoms with Crippen LogP contribution < -0.4 is 15.4 Å². The van der Waals surface area contributed by atoms with E-state index in [1.54, 1.807) is 48.0 Å². The molecule has 1 amide bonds. The van der Waals surface area contributed by atoms with Crippen LogP contribution in [0.15, 0.2) is 66.0 Å². The Kier molecular flexibility index (Phi) is 5.72. The predicted molar refractivity (Wildman–Crippen MR) is 132 cm³/mol. The number of aromatic nitrogens is 3. The Morgan fingerprint density at radius 3 is 2.69 bits per heavy atom. The predicted octanol–water partition coefficient (Wildman–Crippen LogP) is 3.16. The van der Waals surface area contributed by atoms with Gasteiger partial charge < -0.3 is 15.2 Å². The zero-order valence-electron chi connectivity index (χ0n) is 18.8.